The van der Waals surface area contributed by atoms with E-state index in [2.05, 4.69) is 9.59 Å². The van der Waals surface area contributed by atoms with Crippen LogP contribution >= 0.6 is 23.3 Å². The molecule has 0 radical (unpaired) electrons. The molecule has 1 aromatic heterocycles. The minimum Gasteiger partial charge on any atom is -0.465 e. The quantitative estimate of drug-likeness (QED) is 0.586. The van der Waals surface area contributed by atoms with Gasteiger partial charge < -0.3 is 4.74 Å². The minimum absolute atomic E-state index is 0.190. The van der Waals surface area contributed by atoms with E-state index in [0.29, 0.717) is 6.61 Å². The van der Waals surface area contributed by atoms with Crippen LogP contribution in [0.1, 0.15) is 19.5 Å². The molecule has 0 bridgehead atoms. The molecule has 0 fully saturated rings. The fourth-order valence-electron chi connectivity index (χ4n) is 0.801. The van der Waals surface area contributed by atoms with Gasteiger partial charge in [0.2, 0.25) is 0 Å². The molecule has 0 aliphatic heterocycles. The topological polar surface area (TPSA) is 52.1 Å². The Morgan fingerprint density at radius 1 is 1.71 bits per heavy atom. The molecule has 14 heavy (non-hydrogen) atoms. The van der Waals surface area contributed by atoms with E-state index in [1.54, 1.807) is 6.92 Å². The van der Waals surface area contributed by atoms with Crippen LogP contribution in [0.3, 0.4) is 0 Å². The van der Waals surface area contributed by atoms with Crippen LogP contribution in [0, 0.1) is 6.92 Å². The van der Waals surface area contributed by atoms with Gasteiger partial charge in [-0.1, -0.05) is 16.3 Å². The summed E-state index contributed by atoms with van der Waals surface area (Å²) in [5.41, 5.74) is 0.871. The Bertz CT molecular complexity index is 314. The molecule has 0 spiro atoms. The lowest BCUT2D eigenvalue weighted by Crippen LogP contribution is -2.16. The van der Waals surface area contributed by atoms with Crippen molar-refractivity contribution in [1.82, 2.24) is 9.59 Å². The molecule has 1 rings (SSSR count). The van der Waals surface area contributed by atoms with Gasteiger partial charge in [0.05, 0.1) is 12.3 Å². The van der Waals surface area contributed by atoms with Gasteiger partial charge in [0.25, 0.3) is 0 Å². The van der Waals surface area contributed by atoms with Crippen LogP contribution in [0.25, 0.3) is 0 Å². The van der Waals surface area contributed by atoms with E-state index in [9.17, 15) is 4.79 Å². The van der Waals surface area contributed by atoms with Crippen LogP contribution in [0.2, 0.25) is 0 Å². The van der Waals surface area contributed by atoms with E-state index in [1.807, 2.05) is 13.8 Å². The Balaban J connectivity index is 2.52. The van der Waals surface area contributed by atoms with Gasteiger partial charge in [-0.15, -0.1) is 5.10 Å². The van der Waals surface area contributed by atoms with E-state index in [4.69, 9.17) is 4.74 Å². The number of carbonyl (C=O) groups is 1. The molecule has 0 amide bonds. The summed E-state index contributed by atoms with van der Waals surface area (Å²) in [5, 5.41) is 3.67. The summed E-state index contributed by atoms with van der Waals surface area (Å²) in [7, 11) is 0. The van der Waals surface area contributed by atoms with Gasteiger partial charge in [0, 0.05) is 0 Å². The number of esters is 1. The van der Waals surface area contributed by atoms with E-state index in [0.717, 1.165) is 9.90 Å². The van der Waals surface area contributed by atoms with Crippen molar-refractivity contribution >= 4 is 29.3 Å². The average Bonchev–Trinajstić information content (AvgIpc) is 2.52. The van der Waals surface area contributed by atoms with E-state index < -0.39 is 0 Å². The van der Waals surface area contributed by atoms with E-state index in [-0.39, 0.29) is 11.2 Å². The molecule has 1 atom stereocenters. The normalized spacial score (nSPS) is 12.5. The summed E-state index contributed by atoms with van der Waals surface area (Å²) in [4.78, 5) is 11.3. The van der Waals surface area contributed by atoms with Crippen LogP contribution in [0.15, 0.2) is 4.21 Å². The second kappa shape index (κ2) is 5.31. The molecular weight excluding hydrogens is 220 g/mol. The molecule has 0 aliphatic carbocycles. The fraction of sp³-hybridized carbons (Fsp3) is 0.625. The highest BCUT2D eigenvalue weighted by atomic mass is 32.2. The number of carbonyl (C=O) groups excluding carboxylic acids is 1. The van der Waals surface area contributed by atoms with Crippen LogP contribution < -0.4 is 0 Å². The van der Waals surface area contributed by atoms with Gasteiger partial charge in [-0.25, -0.2) is 0 Å². The van der Waals surface area contributed by atoms with Crippen LogP contribution in [-0.2, 0) is 9.53 Å². The second-order valence-corrected chi connectivity index (χ2v) is 5.02. The van der Waals surface area contributed by atoms with Crippen molar-refractivity contribution in [3.8, 4) is 0 Å². The third kappa shape index (κ3) is 2.95. The molecule has 1 heterocycles. The lowest BCUT2D eigenvalue weighted by molar-refractivity contribution is -0.142. The maximum absolute atomic E-state index is 11.3. The van der Waals surface area contributed by atoms with E-state index in [1.165, 1.54) is 23.3 Å². The molecular formula is C8H12N2O2S2. The summed E-state index contributed by atoms with van der Waals surface area (Å²) >= 11 is 2.75. The second-order valence-electron chi connectivity index (χ2n) is 2.66. The van der Waals surface area contributed by atoms with Crippen molar-refractivity contribution in [2.45, 2.75) is 30.2 Å². The standard InChI is InChI=1S/C8H12N2O2S2/c1-4-12-7(11)6(3)13-8-5(2)9-10-14-8/h6H,4H2,1-3H3/t6-/m0/s1. The number of rotatable bonds is 4. The maximum atomic E-state index is 11.3. The van der Waals surface area contributed by atoms with E-state index >= 15 is 0 Å². The first-order valence-corrected chi connectivity index (χ1v) is 5.92. The zero-order chi connectivity index (χ0) is 10.6. The number of nitrogens with zero attached hydrogens (tertiary/aromatic N) is 2. The first-order valence-electron chi connectivity index (χ1n) is 4.27. The predicted molar refractivity (Wildman–Crippen MR) is 56.6 cm³/mol. The third-order valence-corrected chi connectivity index (χ3v) is 3.70. The summed E-state index contributed by atoms with van der Waals surface area (Å²) in [6, 6.07) is 0. The van der Waals surface area contributed by atoms with Gasteiger partial charge in [-0.2, -0.15) is 0 Å². The Labute approximate surface area is 91.2 Å². The van der Waals surface area contributed by atoms with Gasteiger partial charge in [-0.3, -0.25) is 4.79 Å². The average molecular weight is 232 g/mol. The monoisotopic (exact) mass is 232 g/mol. The molecule has 0 aromatic carbocycles. The SMILES string of the molecule is CCOC(=O)[C@H](C)Sc1snnc1C. The summed E-state index contributed by atoms with van der Waals surface area (Å²) < 4.78 is 9.67. The van der Waals surface area contributed by atoms with Crippen molar-refractivity contribution in [1.29, 1.82) is 0 Å². The highest BCUT2D eigenvalue weighted by molar-refractivity contribution is 8.02. The summed E-state index contributed by atoms with van der Waals surface area (Å²) in [6.07, 6.45) is 0. The largest absolute Gasteiger partial charge is 0.465 e. The highest BCUT2D eigenvalue weighted by Crippen LogP contribution is 2.28. The van der Waals surface area contributed by atoms with Crippen molar-refractivity contribution in [2.75, 3.05) is 6.61 Å². The van der Waals surface area contributed by atoms with Gasteiger partial charge in [-0.05, 0) is 32.3 Å². The molecule has 0 saturated carbocycles. The predicted octanol–water partition coefficient (Wildman–Crippen LogP) is 1.89. The molecule has 0 N–H and O–H groups in total. The molecule has 0 unspecified atom stereocenters. The summed E-state index contributed by atoms with van der Waals surface area (Å²) in [6.45, 7) is 5.92. The lowest BCUT2D eigenvalue weighted by atomic mass is 10.5. The third-order valence-electron chi connectivity index (χ3n) is 1.51. The number of ether oxygens (including phenoxy) is 1. The van der Waals surface area contributed by atoms with Gasteiger partial charge >= 0.3 is 5.97 Å². The number of thioether (sulfide) groups is 1. The number of aryl methyl sites for hydroxylation is 1. The zero-order valence-electron chi connectivity index (χ0n) is 8.31. The molecule has 6 heteroatoms. The molecule has 1 aromatic rings. The van der Waals surface area contributed by atoms with Crippen LogP contribution in [0.4, 0.5) is 0 Å². The molecule has 0 aliphatic rings. The Kier molecular flexibility index (Phi) is 4.34. The first kappa shape index (κ1) is 11.5. The van der Waals surface area contributed by atoms with Gasteiger partial charge in [0.15, 0.2) is 0 Å². The number of hydrogen-bond donors (Lipinski definition) is 0. The Morgan fingerprint density at radius 3 is 2.93 bits per heavy atom. The smallest absolute Gasteiger partial charge is 0.319 e. The lowest BCUT2D eigenvalue weighted by Gasteiger charge is -2.07. The maximum Gasteiger partial charge on any atom is 0.319 e. The molecule has 0 saturated heterocycles. The van der Waals surface area contributed by atoms with Crippen molar-refractivity contribution in [2.24, 2.45) is 0 Å². The van der Waals surface area contributed by atoms with Crippen molar-refractivity contribution < 1.29 is 9.53 Å². The van der Waals surface area contributed by atoms with Crippen molar-refractivity contribution in [3.63, 3.8) is 0 Å². The van der Waals surface area contributed by atoms with Crippen LogP contribution in [-0.4, -0.2) is 27.4 Å². The highest BCUT2D eigenvalue weighted by Gasteiger charge is 2.17. The van der Waals surface area contributed by atoms with Crippen LogP contribution in [0.5, 0.6) is 0 Å². The zero-order valence-corrected chi connectivity index (χ0v) is 9.94. The Hall–Kier alpha value is -0.620. The number of aromatic nitrogens is 2. The number of hydrogen-bond acceptors (Lipinski definition) is 6. The first-order chi connectivity index (χ1) is 6.65. The molecule has 78 valence electrons. The Morgan fingerprint density at radius 2 is 2.43 bits per heavy atom. The fourth-order valence-corrected chi connectivity index (χ4v) is 2.61. The summed E-state index contributed by atoms with van der Waals surface area (Å²) in [5.74, 6) is -0.190. The van der Waals surface area contributed by atoms with Gasteiger partial charge in [0.1, 0.15) is 9.46 Å². The van der Waals surface area contributed by atoms with Crippen molar-refractivity contribution in [3.05, 3.63) is 5.69 Å². The molecule has 4 nitrogen and oxygen atoms in total. The minimum atomic E-state index is -0.198.